The zero-order chi connectivity index (χ0) is 13.2. The number of hydrogen-bond donors (Lipinski definition) is 3. The third-order valence-corrected chi connectivity index (χ3v) is 3.06. The van der Waals surface area contributed by atoms with E-state index in [0.29, 0.717) is 24.5 Å². The monoisotopic (exact) mass is 246 g/mol. The van der Waals surface area contributed by atoms with Crippen molar-refractivity contribution in [3.8, 4) is 0 Å². The molecule has 0 radical (unpaired) electrons. The number of rotatable bonds is 4. The van der Waals surface area contributed by atoms with E-state index in [1.54, 1.807) is 13.0 Å². The van der Waals surface area contributed by atoms with Crippen LogP contribution in [-0.4, -0.2) is 27.2 Å². The van der Waals surface area contributed by atoms with E-state index in [1.165, 1.54) is 6.33 Å². The lowest BCUT2D eigenvalue weighted by Gasteiger charge is -2.22. The normalized spacial score (nSPS) is 14.4. The number of hydrogen-bond acceptors (Lipinski definition) is 5. The molecule has 96 valence electrons. The maximum absolute atomic E-state index is 9.98. The van der Waals surface area contributed by atoms with Gasteiger partial charge in [-0.2, -0.15) is 0 Å². The summed E-state index contributed by atoms with van der Waals surface area (Å²) in [5.41, 5.74) is 6.52. The number of nitrogens with two attached hydrogens (primary N) is 1. The van der Waals surface area contributed by atoms with Crippen molar-refractivity contribution in [2.75, 3.05) is 17.6 Å². The van der Waals surface area contributed by atoms with E-state index in [0.717, 1.165) is 10.9 Å². The zero-order valence-electron chi connectivity index (χ0n) is 10.6. The molecule has 0 saturated heterocycles. The van der Waals surface area contributed by atoms with Crippen molar-refractivity contribution in [1.82, 2.24) is 9.97 Å². The molecule has 0 saturated carbocycles. The molecule has 0 fully saturated rings. The third-order valence-electron chi connectivity index (χ3n) is 3.06. The minimum Gasteiger partial charge on any atom is -0.399 e. The van der Waals surface area contributed by atoms with E-state index in [1.807, 2.05) is 19.1 Å². The number of aromatic nitrogens is 2. The Hall–Kier alpha value is -1.88. The van der Waals surface area contributed by atoms with Crippen LogP contribution in [0.25, 0.3) is 10.9 Å². The standard InChI is InChI=1S/C13H18N4O/c1-3-13(2,18)7-15-12-10-6-9(14)4-5-11(10)16-8-17-12/h4-6,8,18H,3,7,14H2,1-2H3,(H,15,16,17). The van der Waals surface area contributed by atoms with E-state index in [9.17, 15) is 5.11 Å². The molecule has 4 N–H and O–H groups in total. The fourth-order valence-electron chi connectivity index (χ4n) is 1.61. The van der Waals surface area contributed by atoms with Gasteiger partial charge in [0, 0.05) is 17.6 Å². The third kappa shape index (κ3) is 2.68. The highest BCUT2D eigenvalue weighted by molar-refractivity contribution is 5.91. The molecule has 1 heterocycles. The molecule has 0 aliphatic rings. The summed E-state index contributed by atoms with van der Waals surface area (Å²) in [4.78, 5) is 8.37. The summed E-state index contributed by atoms with van der Waals surface area (Å²) in [5.74, 6) is 0.695. The van der Waals surface area contributed by atoms with Gasteiger partial charge in [0.1, 0.15) is 12.1 Å². The van der Waals surface area contributed by atoms with Crippen molar-refractivity contribution >= 4 is 22.4 Å². The predicted molar refractivity (Wildman–Crippen MR) is 73.4 cm³/mol. The molecule has 1 aromatic heterocycles. The number of benzene rings is 1. The van der Waals surface area contributed by atoms with Crippen LogP contribution < -0.4 is 11.1 Å². The first kappa shape index (κ1) is 12.6. The Kier molecular flexibility index (Phi) is 3.34. The van der Waals surface area contributed by atoms with E-state index in [2.05, 4.69) is 15.3 Å². The number of nitrogens with one attached hydrogen (secondary N) is 1. The minimum atomic E-state index is -0.752. The predicted octanol–water partition coefficient (Wildman–Crippen LogP) is 1.78. The smallest absolute Gasteiger partial charge is 0.137 e. The first-order valence-electron chi connectivity index (χ1n) is 5.98. The average molecular weight is 246 g/mol. The summed E-state index contributed by atoms with van der Waals surface area (Å²) >= 11 is 0. The van der Waals surface area contributed by atoms with Gasteiger partial charge in [0.15, 0.2) is 0 Å². The summed E-state index contributed by atoms with van der Waals surface area (Å²) in [5, 5.41) is 14.0. The SMILES string of the molecule is CCC(C)(O)CNc1ncnc2ccc(N)cc12. The first-order chi connectivity index (χ1) is 8.52. The minimum absolute atomic E-state index is 0.435. The van der Waals surface area contributed by atoms with E-state index in [-0.39, 0.29) is 0 Å². The van der Waals surface area contributed by atoms with E-state index < -0.39 is 5.60 Å². The van der Waals surface area contributed by atoms with Crippen molar-refractivity contribution < 1.29 is 5.11 Å². The molecule has 0 aliphatic carbocycles. The molecule has 0 bridgehead atoms. The summed E-state index contributed by atoms with van der Waals surface area (Å²) in [6.07, 6.45) is 2.17. The number of fused-ring (bicyclic) bond motifs is 1. The summed E-state index contributed by atoms with van der Waals surface area (Å²) < 4.78 is 0. The molecule has 2 aromatic rings. The maximum Gasteiger partial charge on any atom is 0.137 e. The van der Waals surface area contributed by atoms with Crippen LogP contribution in [0.3, 0.4) is 0 Å². The highest BCUT2D eigenvalue weighted by atomic mass is 16.3. The van der Waals surface area contributed by atoms with Crippen LogP contribution in [-0.2, 0) is 0 Å². The molecule has 1 unspecified atom stereocenters. The summed E-state index contributed by atoms with van der Waals surface area (Å²) in [7, 11) is 0. The van der Waals surface area contributed by atoms with Gasteiger partial charge in [0.2, 0.25) is 0 Å². The average Bonchev–Trinajstić information content (AvgIpc) is 2.36. The van der Waals surface area contributed by atoms with Crippen LogP contribution in [0, 0.1) is 0 Å². The second-order valence-corrected chi connectivity index (χ2v) is 4.70. The highest BCUT2D eigenvalue weighted by Crippen LogP contribution is 2.22. The van der Waals surface area contributed by atoms with Crippen LogP contribution >= 0.6 is 0 Å². The van der Waals surface area contributed by atoms with Crippen molar-refractivity contribution in [3.05, 3.63) is 24.5 Å². The Balaban J connectivity index is 2.30. The molecule has 18 heavy (non-hydrogen) atoms. The Labute approximate surface area is 106 Å². The Morgan fingerprint density at radius 1 is 1.39 bits per heavy atom. The van der Waals surface area contributed by atoms with Crippen molar-refractivity contribution in [2.45, 2.75) is 25.9 Å². The quantitative estimate of drug-likeness (QED) is 0.716. The summed E-state index contributed by atoms with van der Waals surface area (Å²) in [6, 6.07) is 5.50. The molecule has 0 spiro atoms. The maximum atomic E-state index is 9.98. The lowest BCUT2D eigenvalue weighted by Crippen LogP contribution is -2.32. The fourth-order valence-corrected chi connectivity index (χ4v) is 1.61. The lowest BCUT2D eigenvalue weighted by atomic mass is 10.0. The second-order valence-electron chi connectivity index (χ2n) is 4.70. The molecule has 1 aromatic carbocycles. The van der Waals surface area contributed by atoms with Gasteiger partial charge >= 0.3 is 0 Å². The Morgan fingerprint density at radius 3 is 2.89 bits per heavy atom. The van der Waals surface area contributed by atoms with Gasteiger partial charge in [-0.15, -0.1) is 0 Å². The van der Waals surface area contributed by atoms with E-state index in [4.69, 9.17) is 5.73 Å². The number of aliphatic hydroxyl groups is 1. The number of anilines is 2. The molecular weight excluding hydrogens is 228 g/mol. The van der Waals surface area contributed by atoms with Gasteiger partial charge in [-0.1, -0.05) is 6.92 Å². The van der Waals surface area contributed by atoms with Crippen molar-refractivity contribution in [1.29, 1.82) is 0 Å². The second kappa shape index (κ2) is 4.78. The fraction of sp³-hybridized carbons (Fsp3) is 0.385. The van der Waals surface area contributed by atoms with Gasteiger partial charge in [-0.25, -0.2) is 9.97 Å². The molecule has 2 rings (SSSR count). The number of nitrogen functional groups attached to an aromatic ring is 1. The lowest BCUT2D eigenvalue weighted by molar-refractivity contribution is 0.0697. The van der Waals surface area contributed by atoms with Gasteiger partial charge in [-0.3, -0.25) is 0 Å². The van der Waals surface area contributed by atoms with Crippen molar-refractivity contribution in [2.24, 2.45) is 0 Å². The van der Waals surface area contributed by atoms with Crippen LogP contribution in [0.2, 0.25) is 0 Å². The Bertz CT molecular complexity index is 554. The van der Waals surface area contributed by atoms with Gasteiger partial charge < -0.3 is 16.2 Å². The van der Waals surface area contributed by atoms with Crippen LogP contribution in [0.15, 0.2) is 24.5 Å². The van der Waals surface area contributed by atoms with Crippen LogP contribution in [0.1, 0.15) is 20.3 Å². The van der Waals surface area contributed by atoms with Crippen molar-refractivity contribution in [3.63, 3.8) is 0 Å². The molecular formula is C13H18N4O. The zero-order valence-corrected chi connectivity index (χ0v) is 10.6. The highest BCUT2D eigenvalue weighted by Gasteiger charge is 2.17. The largest absolute Gasteiger partial charge is 0.399 e. The molecule has 1 atom stereocenters. The van der Waals surface area contributed by atoms with Crippen LogP contribution in [0.4, 0.5) is 11.5 Å². The van der Waals surface area contributed by atoms with Gasteiger partial charge in [0.25, 0.3) is 0 Å². The number of nitrogens with zero attached hydrogens (tertiary/aromatic N) is 2. The topological polar surface area (TPSA) is 84.1 Å². The summed E-state index contributed by atoms with van der Waals surface area (Å²) in [6.45, 7) is 4.17. The Morgan fingerprint density at radius 2 is 2.17 bits per heavy atom. The van der Waals surface area contributed by atoms with Gasteiger partial charge in [-0.05, 0) is 31.5 Å². The molecule has 5 heteroatoms. The first-order valence-corrected chi connectivity index (χ1v) is 5.98. The molecule has 0 aliphatic heterocycles. The molecule has 5 nitrogen and oxygen atoms in total. The van der Waals surface area contributed by atoms with Gasteiger partial charge in [0.05, 0.1) is 11.1 Å². The molecule has 0 amide bonds. The van der Waals surface area contributed by atoms with E-state index >= 15 is 0 Å². The van der Waals surface area contributed by atoms with Crippen LogP contribution in [0.5, 0.6) is 0 Å².